The Bertz CT molecular complexity index is 1040. The molecule has 1 heteroatoms. The summed E-state index contributed by atoms with van der Waals surface area (Å²) in [6, 6.07) is 26.9. The molecule has 0 aromatic heterocycles. The topological polar surface area (TPSA) is 4.36 Å². The molecule has 0 bridgehead atoms. The zero-order valence-corrected chi connectivity index (χ0v) is 13.1. The van der Waals surface area contributed by atoms with Crippen molar-refractivity contribution in [1.29, 1.82) is 0 Å². The Hall–Kier alpha value is -3.37. The molecule has 1 nitrogen and oxygen atoms in total. The molecular formula is C23H15N. The van der Waals surface area contributed by atoms with Gasteiger partial charge in [0.1, 0.15) is 0 Å². The van der Waals surface area contributed by atoms with Crippen molar-refractivity contribution in [2.75, 3.05) is 0 Å². The van der Waals surface area contributed by atoms with Gasteiger partial charge in [0.2, 0.25) is 0 Å². The van der Waals surface area contributed by atoms with E-state index >= 15 is 0 Å². The second kappa shape index (κ2) is 6.02. The SMILES string of the molecule is [C-]#[N+]c1ccc(C=Cc2c3ccccc3cc3ccccc23)cc1. The van der Waals surface area contributed by atoms with E-state index in [2.05, 4.69) is 71.6 Å². The number of hydrogen-bond acceptors (Lipinski definition) is 0. The van der Waals surface area contributed by atoms with Gasteiger partial charge >= 0.3 is 0 Å². The van der Waals surface area contributed by atoms with Crippen LogP contribution in [0.15, 0.2) is 78.9 Å². The standard InChI is InChI=1S/C23H15N/c1-24-20-13-10-17(11-14-20)12-15-23-21-8-4-2-6-18(21)16-19-7-3-5-9-22(19)23/h2-16H. The Morgan fingerprint density at radius 2 is 1.25 bits per heavy atom. The van der Waals surface area contributed by atoms with Gasteiger partial charge in [0, 0.05) is 0 Å². The van der Waals surface area contributed by atoms with Crippen molar-refractivity contribution in [3.63, 3.8) is 0 Å². The van der Waals surface area contributed by atoms with Crippen LogP contribution in [0.4, 0.5) is 5.69 Å². The first-order chi connectivity index (χ1) is 11.8. The maximum atomic E-state index is 7.04. The molecule has 112 valence electrons. The van der Waals surface area contributed by atoms with E-state index in [1.54, 1.807) is 0 Å². The van der Waals surface area contributed by atoms with Crippen LogP contribution >= 0.6 is 0 Å². The maximum absolute atomic E-state index is 7.04. The Morgan fingerprint density at radius 3 is 1.83 bits per heavy atom. The second-order valence-electron chi connectivity index (χ2n) is 5.77. The van der Waals surface area contributed by atoms with E-state index in [4.69, 9.17) is 6.57 Å². The lowest BCUT2D eigenvalue weighted by Crippen LogP contribution is -1.83. The fourth-order valence-corrected chi connectivity index (χ4v) is 3.07. The first-order valence-electron chi connectivity index (χ1n) is 7.91. The van der Waals surface area contributed by atoms with Gasteiger partial charge in [-0.05, 0) is 38.7 Å². The summed E-state index contributed by atoms with van der Waals surface area (Å²) in [5.74, 6) is 0. The molecular weight excluding hydrogens is 290 g/mol. The highest BCUT2D eigenvalue weighted by atomic mass is 14.6. The van der Waals surface area contributed by atoms with Crippen molar-refractivity contribution in [3.05, 3.63) is 101 Å². The van der Waals surface area contributed by atoms with Crippen molar-refractivity contribution >= 4 is 39.4 Å². The van der Waals surface area contributed by atoms with Crippen LogP contribution in [0.3, 0.4) is 0 Å². The van der Waals surface area contributed by atoms with E-state index in [1.165, 1.54) is 27.1 Å². The quantitative estimate of drug-likeness (QED) is 0.220. The number of rotatable bonds is 2. The van der Waals surface area contributed by atoms with Crippen molar-refractivity contribution in [2.45, 2.75) is 0 Å². The third kappa shape index (κ3) is 2.55. The smallest absolute Gasteiger partial charge is 0.187 e. The van der Waals surface area contributed by atoms with E-state index in [0.29, 0.717) is 5.69 Å². The third-order valence-corrected chi connectivity index (χ3v) is 4.28. The van der Waals surface area contributed by atoms with Crippen LogP contribution in [0.1, 0.15) is 11.1 Å². The largest absolute Gasteiger partial charge is 0.238 e. The lowest BCUT2D eigenvalue weighted by Gasteiger charge is -2.08. The summed E-state index contributed by atoms with van der Waals surface area (Å²) < 4.78 is 0. The first-order valence-corrected chi connectivity index (χ1v) is 7.91. The molecule has 0 saturated heterocycles. The molecule has 4 aromatic carbocycles. The van der Waals surface area contributed by atoms with Crippen molar-refractivity contribution in [3.8, 4) is 0 Å². The normalized spacial score (nSPS) is 11.1. The van der Waals surface area contributed by atoms with Gasteiger partial charge in [-0.15, -0.1) is 0 Å². The Balaban J connectivity index is 1.89. The fraction of sp³-hybridized carbons (Fsp3) is 0. The molecule has 0 aliphatic rings. The highest BCUT2D eigenvalue weighted by Gasteiger charge is 2.04. The molecule has 0 aliphatic carbocycles. The summed E-state index contributed by atoms with van der Waals surface area (Å²) in [4.78, 5) is 3.44. The minimum atomic E-state index is 0.669. The molecule has 0 amide bonds. The van der Waals surface area contributed by atoms with Crippen molar-refractivity contribution in [1.82, 2.24) is 0 Å². The lowest BCUT2D eigenvalue weighted by atomic mass is 9.96. The molecule has 0 heterocycles. The summed E-state index contributed by atoms with van der Waals surface area (Å²) in [7, 11) is 0. The van der Waals surface area contributed by atoms with Crippen LogP contribution < -0.4 is 0 Å². The van der Waals surface area contributed by atoms with Crippen LogP contribution in [0, 0.1) is 6.57 Å². The minimum Gasteiger partial charge on any atom is -0.238 e. The molecule has 0 radical (unpaired) electrons. The summed E-state index contributed by atoms with van der Waals surface area (Å²) in [6.07, 6.45) is 4.29. The van der Waals surface area contributed by atoms with Crippen molar-refractivity contribution < 1.29 is 0 Å². The Kier molecular flexibility index (Phi) is 3.57. The second-order valence-corrected chi connectivity index (χ2v) is 5.77. The molecule has 0 saturated carbocycles. The van der Waals surface area contributed by atoms with Crippen LogP contribution in [-0.4, -0.2) is 0 Å². The molecule has 0 spiro atoms. The number of nitrogens with zero attached hydrogens (tertiary/aromatic N) is 1. The summed E-state index contributed by atoms with van der Waals surface area (Å²) >= 11 is 0. The van der Waals surface area contributed by atoms with Gasteiger partial charge < -0.3 is 0 Å². The van der Waals surface area contributed by atoms with Gasteiger partial charge in [-0.1, -0.05) is 84.9 Å². The monoisotopic (exact) mass is 305 g/mol. The average molecular weight is 305 g/mol. The summed E-state index contributed by atoms with van der Waals surface area (Å²) in [5, 5.41) is 5.01. The molecule has 0 fully saturated rings. The zero-order chi connectivity index (χ0) is 16.4. The van der Waals surface area contributed by atoms with Crippen molar-refractivity contribution in [2.24, 2.45) is 0 Å². The average Bonchev–Trinajstić information content (AvgIpc) is 2.65. The van der Waals surface area contributed by atoms with Gasteiger partial charge in [0.25, 0.3) is 0 Å². The number of fused-ring (bicyclic) bond motifs is 2. The number of benzene rings is 4. The highest BCUT2D eigenvalue weighted by molar-refractivity contribution is 6.07. The fourth-order valence-electron chi connectivity index (χ4n) is 3.07. The zero-order valence-electron chi connectivity index (χ0n) is 13.1. The molecule has 4 aromatic rings. The van der Waals surface area contributed by atoms with Gasteiger partial charge in [-0.3, -0.25) is 0 Å². The molecule has 4 rings (SSSR count). The molecule has 0 N–H and O–H groups in total. The molecule has 0 unspecified atom stereocenters. The number of hydrogen-bond donors (Lipinski definition) is 0. The lowest BCUT2D eigenvalue weighted by molar-refractivity contribution is 1.67. The van der Waals surface area contributed by atoms with Gasteiger partial charge in [-0.2, -0.15) is 0 Å². The van der Waals surface area contributed by atoms with Crippen LogP contribution in [0.5, 0.6) is 0 Å². The minimum absolute atomic E-state index is 0.669. The maximum Gasteiger partial charge on any atom is 0.187 e. The van der Waals surface area contributed by atoms with E-state index in [9.17, 15) is 0 Å². The molecule has 24 heavy (non-hydrogen) atoms. The van der Waals surface area contributed by atoms with Gasteiger partial charge in [0.15, 0.2) is 5.69 Å². The van der Waals surface area contributed by atoms with E-state index < -0.39 is 0 Å². The Morgan fingerprint density at radius 1 is 0.667 bits per heavy atom. The van der Waals surface area contributed by atoms with E-state index in [1.807, 2.05) is 24.3 Å². The van der Waals surface area contributed by atoms with E-state index in [0.717, 1.165) is 5.56 Å². The Labute approximate surface area is 141 Å². The summed E-state index contributed by atoms with van der Waals surface area (Å²) in [6.45, 7) is 7.04. The molecule has 0 atom stereocenters. The van der Waals surface area contributed by atoms with Crippen LogP contribution in [0.2, 0.25) is 0 Å². The van der Waals surface area contributed by atoms with Gasteiger partial charge in [-0.25, -0.2) is 4.85 Å². The third-order valence-electron chi connectivity index (χ3n) is 4.28. The van der Waals surface area contributed by atoms with E-state index in [-0.39, 0.29) is 0 Å². The molecule has 0 aliphatic heterocycles. The first kappa shape index (κ1) is 14.2. The highest BCUT2D eigenvalue weighted by Crippen LogP contribution is 2.30. The predicted octanol–water partition coefficient (Wildman–Crippen LogP) is 6.71. The van der Waals surface area contributed by atoms with Crippen LogP contribution in [0.25, 0.3) is 38.5 Å². The summed E-state index contributed by atoms with van der Waals surface area (Å²) in [5.41, 5.74) is 3.00. The predicted molar refractivity (Wildman–Crippen MR) is 103 cm³/mol. The van der Waals surface area contributed by atoms with Crippen LogP contribution in [-0.2, 0) is 0 Å². The van der Waals surface area contributed by atoms with Gasteiger partial charge in [0.05, 0.1) is 6.57 Å².